The second-order valence-electron chi connectivity index (χ2n) is 7.96. The van der Waals surface area contributed by atoms with Gasteiger partial charge in [-0.3, -0.25) is 9.89 Å². The van der Waals surface area contributed by atoms with Gasteiger partial charge >= 0.3 is 0 Å². The molecule has 0 fully saturated rings. The van der Waals surface area contributed by atoms with Gasteiger partial charge in [0.15, 0.2) is 0 Å². The molecule has 3 aromatic carbocycles. The number of H-pyrrole nitrogens is 1. The molecule has 1 amide bonds. The summed E-state index contributed by atoms with van der Waals surface area (Å²) in [7, 11) is 3.97. The van der Waals surface area contributed by atoms with E-state index in [2.05, 4.69) is 32.9 Å². The first-order chi connectivity index (χ1) is 16.6. The van der Waals surface area contributed by atoms with Crippen LogP contribution in [-0.4, -0.2) is 43.0 Å². The van der Waals surface area contributed by atoms with Gasteiger partial charge in [-0.25, -0.2) is 5.43 Å². The maximum Gasteiger partial charge on any atom is 0.289 e. The van der Waals surface area contributed by atoms with Crippen molar-refractivity contribution in [3.05, 3.63) is 102 Å². The van der Waals surface area contributed by atoms with E-state index < -0.39 is 0 Å². The zero-order valence-corrected chi connectivity index (χ0v) is 19.2. The van der Waals surface area contributed by atoms with E-state index in [1.54, 1.807) is 12.3 Å². The van der Waals surface area contributed by atoms with E-state index in [0.717, 1.165) is 29.0 Å². The highest BCUT2D eigenvalue weighted by atomic mass is 16.5. The molecule has 2 N–H and O–H groups in total. The van der Waals surface area contributed by atoms with Crippen molar-refractivity contribution >= 4 is 17.8 Å². The van der Waals surface area contributed by atoms with Gasteiger partial charge in [0.2, 0.25) is 0 Å². The molecule has 0 atom stereocenters. The Bertz CT molecular complexity index is 1230. The lowest BCUT2D eigenvalue weighted by atomic mass is 10.1. The fourth-order valence-corrected chi connectivity index (χ4v) is 3.32. The highest BCUT2D eigenvalue weighted by Crippen LogP contribution is 2.21. The maximum atomic E-state index is 12.4. The summed E-state index contributed by atoms with van der Waals surface area (Å²) < 4.78 is 5.83. The van der Waals surface area contributed by atoms with Crippen LogP contribution in [0.2, 0.25) is 0 Å². The van der Waals surface area contributed by atoms with E-state index in [4.69, 9.17) is 4.74 Å². The third-order valence-corrected chi connectivity index (χ3v) is 5.26. The number of carbonyl (C=O) groups is 1. The monoisotopic (exact) mass is 453 g/mol. The molecule has 0 unspecified atom stereocenters. The Morgan fingerprint density at radius 2 is 1.76 bits per heavy atom. The van der Waals surface area contributed by atoms with Crippen molar-refractivity contribution < 1.29 is 9.53 Å². The number of aromatic amines is 1. The van der Waals surface area contributed by atoms with Crippen LogP contribution in [0.4, 0.5) is 5.69 Å². The number of hydrogen-bond acceptors (Lipinski definition) is 5. The number of hydrogen-bond donors (Lipinski definition) is 2. The Balaban J connectivity index is 1.29. The predicted octanol–water partition coefficient (Wildman–Crippen LogP) is 4.53. The third kappa shape index (κ3) is 6.10. The molecule has 0 aliphatic heterocycles. The minimum Gasteiger partial charge on any atom is -0.493 e. The van der Waals surface area contributed by atoms with Crippen LogP contribution in [0.1, 0.15) is 21.6 Å². The summed E-state index contributed by atoms with van der Waals surface area (Å²) in [6.45, 7) is 0.608. The Kier molecular flexibility index (Phi) is 7.35. The summed E-state index contributed by atoms with van der Waals surface area (Å²) in [5.41, 5.74) is 7.64. The van der Waals surface area contributed by atoms with Crippen molar-refractivity contribution in [1.29, 1.82) is 0 Å². The van der Waals surface area contributed by atoms with Crippen LogP contribution in [0, 0.1) is 0 Å². The molecule has 7 nitrogen and oxygen atoms in total. The van der Waals surface area contributed by atoms with Crippen LogP contribution in [0.3, 0.4) is 0 Å². The maximum absolute atomic E-state index is 12.4. The van der Waals surface area contributed by atoms with Gasteiger partial charge < -0.3 is 9.64 Å². The van der Waals surface area contributed by atoms with Crippen molar-refractivity contribution in [3.63, 3.8) is 0 Å². The molecule has 4 rings (SSSR count). The first-order valence-electron chi connectivity index (χ1n) is 11.0. The third-order valence-electron chi connectivity index (χ3n) is 5.26. The van der Waals surface area contributed by atoms with Gasteiger partial charge in [0.05, 0.1) is 18.5 Å². The van der Waals surface area contributed by atoms with E-state index in [-0.39, 0.29) is 5.91 Å². The Hall–Kier alpha value is -4.39. The fraction of sp³-hybridized carbons (Fsp3) is 0.148. The van der Waals surface area contributed by atoms with Crippen molar-refractivity contribution in [2.24, 2.45) is 5.10 Å². The molecule has 34 heavy (non-hydrogen) atoms. The molecule has 0 aliphatic rings. The van der Waals surface area contributed by atoms with Gasteiger partial charge in [-0.2, -0.15) is 10.2 Å². The van der Waals surface area contributed by atoms with Gasteiger partial charge in [0.25, 0.3) is 5.91 Å². The lowest BCUT2D eigenvalue weighted by molar-refractivity contribution is 0.0950. The summed E-state index contributed by atoms with van der Waals surface area (Å²) in [5, 5.41) is 11.0. The molecule has 7 heteroatoms. The standard InChI is InChI=1S/C27H27N5O2/c1-32(2)23-12-8-21(9-13-23)19-28-31-27(33)26-18-25(29-30-26)22-10-14-24(15-11-22)34-17-16-20-6-4-3-5-7-20/h3-15,18-19H,16-17H2,1-2H3,(H,29,30)(H,31,33)/b28-19+. The van der Waals surface area contributed by atoms with Gasteiger partial charge in [-0.15, -0.1) is 0 Å². The summed E-state index contributed by atoms with van der Waals surface area (Å²) >= 11 is 0. The number of aromatic nitrogens is 2. The number of nitrogens with one attached hydrogen (secondary N) is 2. The van der Waals surface area contributed by atoms with Crippen LogP contribution in [0.15, 0.2) is 90.0 Å². The first kappa shape index (κ1) is 22.8. The molecule has 172 valence electrons. The lowest BCUT2D eigenvalue weighted by Gasteiger charge is -2.11. The van der Waals surface area contributed by atoms with Gasteiger partial charge in [-0.1, -0.05) is 42.5 Å². The summed E-state index contributed by atoms with van der Waals surface area (Å²) in [5.74, 6) is 0.432. The SMILES string of the molecule is CN(C)c1ccc(/C=N/NC(=O)c2cc(-c3ccc(OCCc4ccccc4)cc3)n[nH]2)cc1. The number of hydrazone groups is 1. The zero-order valence-electron chi connectivity index (χ0n) is 19.2. The van der Waals surface area contributed by atoms with Gasteiger partial charge in [0.1, 0.15) is 11.4 Å². The average molecular weight is 454 g/mol. The molecule has 0 spiro atoms. The molecule has 1 heterocycles. The Morgan fingerprint density at radius 1 is 1.03 bits per heavy atom. The van der Waals surface area contributed by atoms with Crippen LogP contribution in [0.5, 0.6) is 5.75 Å². The van der Waals surface area contributed by atoms with Crippen molar-refractivity contribution in [3.8, 4) is 17.0 Å². The van der Waals surface area contributed by atoms with E-state index >= 15 is 0 Å². The zero-order chi connectivity index (χ0) is 23.8. The second kappa shape index (κ2) is 11.0. The van der Waals surface area contributed by atoms with Crippen LogP contribution in [-0.2, 0) is 6.42 Å². The Morgan fingerprint density at radius 3 is 2.47 bits per heavy atom. The van der Waals surface area contributed by atoms with E-state index in [1.165, 1.54) is 5.56 Å². The normalized spacial score (nSPS) is 10.9. The highest BCUT2D eigenvalue weighted by Gasteiger charge is 2.10. The summed E-state index contributed by atoms with van der Waals surface area (Å²) in [6, 6.07) is 27.4. The minimum atomic E-state index is -0.360. The van der Waals surface area contributed by atoms with Gasteiger partial charge in [-0.05, 0) is 53.6 Å². The van der Waals surface area contributed by atoms with E-state index in [9.17, 15) is 4.79 Å². The molecule has 0 aliphatic carbocycles. The lowest BCUT2D eigenvalue weighted by Crippen LogP contribution is -2.18. The average Bonchev–Trinajstić information content (AvgIpc) is 3.36. The molecule has 0 saturated heterocycles. The molecular formula is C27H27N5O2. The van der Waals surface area contributed by atoms with Crippen LogP contribution >= 0.6 is 0 Å². The molecule has 4 aromatic rings. The minimum absolute atomic E-state index is 0.332. The molecule has 0 radical (unpaired) electrons. The second-order valence-corrected chi connectivity index (χ2v) is 7.96. The van der Waals surface area contributed by atoms with Crippen molar-refractivity contribution in [2.75, 3.05) is 25.6 Å². The molecular weight excluding hydrogens is 426 g/mol. The number of carbonyl (C=O) groups excluding carboxylic acids is 1. The smallest absolute Gasteiger partial charge is 0.289 e. The molecule has 0 bridgehead atoms. The van der Waals surface area contributed by atoms with E-state index in [0.29, 0.717) is 18.0 Å². The van der Waals surface area contributed by atoms with Crippen molar-refractivity contribution in [1.82, 2.24) is 15.6 Å². The first-order valence-corrected chi connectivity index (χ1v) is 11.0. The molecule has 1 aromatic heterocycles. The fourth-order valence-electron chi connectivity index (χ4n) is 3.32. The van der Waals surface area contributed by atoms with Crippen LogP contribution in [0.25, 0.3) is 11.3 Å². The van der Waals surface area contributed by atoms with E-state index in [1.807, 2.05) is 85.7 Å². The number of nitrogens with zero attached hydrogens (tertiary/aromatic N) is 3. The number of ether oxygens (including phenoxy) is 1. The summed E-state index contributed by atoms with van der Waals surface area (Å²) in [6.07, 6.45) is 2.45. The number of anilines is 1. The largest absolute Gasteiger partial charge is 0.493 e. The van der Waals surface area contributed by atoms with Crippen LogP contribution < -0.4 is 15.1 Å². The molecule has 0 saturated carbocycles. The highest BCUT2D eigenvalue weighted by molar-refractivity contribution is 5.94. The number of amides is 1. The van der Waals surface area contributed by atoms with Crippen molar-refractivity contribution in [2.45, 2.75) is 6.42 Å². The quantitative estimate of drug-likeness (QED) is 0.288. The Labute approximate surface area is 199 Å². The topological polar surface area (TPSA) is 82.6 Å². The number of rotatable bonds is 9. The predicted molar refractivity (Wildman–Crippen MR) is 135 cm³/mol. The number of benzene rings is 3. The summed E-state index contributed by atoms with van der Waals surface area (Å²) in [4.78, 5) is 14.4. The van der Waals surface area contributed by atoms with Gasteiger partial charge in [0, 0.05) is 31.8 Å².